The monoisotopic (exact) mass is 391 g/mol. The second-order valence-corrected chi connectivity index (χ2v) is 7.63. The van der Waals surface area contributed by atoms with E-state index in [-0.39, 0.29) is 5.82 Å². The van der Waals surface area contributed by atoms with E-state index in [0.29, 0.717) is 5.69 Å². The zero-order valence-electron chi connectivity index (χ0n) is 15.5. The molecule has 0 aromatic heterocycles. The number of halogens is 1. The van der Waals surface area contributed by atoms with E-state index in [9.17, 15) is 4.39 Å². The molecule has 3 nitrogen and oxygen atoms in total. The summed E-state index contributed by atoms with van der Waals surface area (Å²) < 4.78 is 17.5. The normalized spacial score (nSPS) is 15.9. The standard InChI is InChI=1S/C23H22FN3S/c1-16-23(14-20(15-25-16)17(2)27-11-6-12-27)28-26-22-13-19(9-10-21(22)24)18-7-4-3-5-8-18/h3-5,7-10,13-15,25-26H,1-2,6,11-12H2. The Labute approximate surface area is 169 Å². The number of anilines is 1. The zero-order chi connectivity index (χ0) is 19.5. The third kappa shape index (κ3) is 3.85. The van der Waals surface area contributed by atoms with Gasteiger partial charge in [0.05, 0.1) is 10.6 Å². The topological polar surface area (TPSA) is 27.3 Å². The van der Waals surface area contributed by atoms with Crippen LogP contribution in [-0.2, 0) is 0 Å². The maximum absolute atomic E-state index is 14.3. The van der Waals surface area contributed by atoms with Crippen LogP contribution in [0.25, 0.3) is 11.1 Å². The number of benzene rings is 2. The number of hydrogen-bond acceptors (Lipinski definition) is 4. The Morgan fingerprint density at radius 3 is 2.61 bits per heavy atom. The predicted octanol–water partition coefficient (Wildman–Crippen LogP) is 5.66. The van der Waals surface area contributed by atoms with E-state index in [0.717, 1.165) is 46.1 Å². The van der Waals surface area contributed by atoms with E-state index >= 15 is 0 Å². The lowest BCUT2D eigenvalue weighted by molar-refractivity contribution is 0.245. The molecule has 2 aromatic carbocycles. The van der Waals surface area contributed by atoms with Crippen LogP contribution in [0.15, 0.2) is 95.8 Å². The minimum Gasteiger partial charge on any atom is -0.371 e. The van der Waals surface area contributed by atoms with Gasteiger partial charge in [0.2, 0.25) is 0 Å². The predicted molar refractivity (Wildman–Crippen MR) is 117 cm³/mol. The van der Waals surface area contributed by atoms with Crippen molar-refractivity contribution in [2.75, 3.05) is 17.8 Å². The van der Waals surface area contributed by atoms with E-state index < -0.39 is 0 Å². The smallest absolute Gasteiger partial charge is 0.147 e. The van der Waals surface area contributed by atoms with E-state index in [1.807, 2.05) is 48.7 Å². The lowest BCUT2D eigenvalue weighted by Gasteiger charge is -2.36. The molecule has 0 unspecified atom stereocenters. The molecule has 2 aliphatic rings. The van der Waals surface area contributed by atoms with Gasteiger partial charge in [0.1, 0.15) is 5.82 Å². The molecule has 0 bridgehead atoms. The zero-order valence-corrected chi connectivity index (χ0v) is 16.4. The molecule has 0 spiro atoms. The molecule has 1 saturated heterocycles. The molecule has 0 amide bonds. The third-order valence-corrected chi connectivity index (χ3v) is 5.81. The Balaban J connectivity index is 1.50. The number of likely N-dealkylation sites (tertiary alicyclic amines) is 1. The highest BCUT2D eigenvalue weighted by Crippen LogP contribution is 2.33. The van der Waals surface area contributed by atoms with Gasteiger partial charge in [0.25, 0.3) is 0 Å². The second-order valence-electron chi connectivity index (χ2n) is 6.78. The van der Waals surface area contributed by atoms with Crippen molar-refractivity contribution in [3.05, 3.63) is 102 Å². The summed E-state index contributed by atoms with van der Waals surface area (Å²) >= 11 is 1.34. The number of dihydropyridines is 1. The van der Waals surface area contributed by atoms with Crippen molar-refractivity contribution in [3.63, 3.8) is 0 Å². The molecular weight excluding hydrogens is 369 g/mol. The molecule has 2 aliphatic heterocycles. The quantitative estimate of drug-likeness (QED) is 0.622. The molecule has 0 saturated carbocycles. The van der Waals surface area contributed by atoms with Crippen LogP contribution in [0.3, 0.4) is 0 Å². The van der Waals surface area contributed by atoms with Crippen LogP contribution in [0.5, 0.6) is 0 Å². The number of nitrogens with zero attached hydrogens (tertiary/aromatic N) is 1. The number of hydrogen-bond donors (Lipinski definition) is 2. The third-order valence-electron chi connectivity index (χ3n) is 4.90. The summed E-state index contributed by atoms with van der Waals surface area (Å²) in [5.41, 5.74) is 5.26. The SMILES string of the molecule is C=C1NC=C(C(=C)N2CCC2)C=C1SNc1cc(-c2ccccc2)ccc1F. The Morgan fingerprint density at radius 2 is 1.89 bits per heavy atom. The minimum atomic E-state index is -0.289. The summed E-state index contributed by atoms with van der Waals surface area (Å²) in [6, 6.07) is 15.0. The van der Waals surface area contributed by atoms with Crippen molar-refractivity contribution in [2.24, 2.45) is 0 Å². The van der Waals surface area contributed by atoms with Crippen molar-refractivity contribution in [3.8, 4) is 11.1 Å². The highest BCUT2D eigenvalue weighted by molar-refractivity contribution is 8.04. The van der Waals surface area contributed by atoms with Gasteiger partial charge in [-0.05, 0) is 47.7 Å². The molecular formula is C23H22FN3S. The van der Waals surface area contributed by atoms with Crippen molar-refractivity contribution in [1.82, 2.24) is 10.2 Å². The van der Waals surface area contributed by atoms with Gasteiger partial charge >= 0.3 is 0 Å². The van der Waals surface area contributed by atoms with E-state index in [4.69, 9.17) is 0 Å². The molecule has 2 aromatic rings. The van der Waals surface area contributed by atoms with Gasteiger partial charge in [-0.1, -0.05) is 49.6 Å². The summed E-state index contributed by atoms with van der Waals surface area (Å²) in [7, 11) is 0. The molecule has 0 radical (unpaired) electrons. The maximum atomic E-state index is 14.3. The average Bonchev–Trinajstić information content (AvgIpc) is 2.67. The number of rotatable bonds is 6. The summed E-state index contributed by atoms with van der Waals surface area (Å²) in [6.45, 7) is 10.3. The lowest BCUT2D eigenvalue weighted by Crippen LogP contribution is -2.36. The molecule has 0 atom stereocenters. The number of allylic oxidation sites excluding steroid dienone is 1. The fourth-order valence-electron chi connectivity index (χ4n) is 3.06. The first-order valence-electron chi connectivity index (χ1n) is 9.21. The van der Waals surface area contributed by atoms with Crippen molar-refractivity contribution in [2.45, 2.75) is 6.42 Å². The maximum Gasteiger partial charge on any atom is 0.147 e. The Bertz CT molecular complexity index is 975. The molecule has 142 valence electrons. The van der Waals surface area contributed by atoms with Crippen LogP contribution in [0, 0.1) is 5.82 Å². The fraction of sp³-hybridized carbons (Fsp3) is 0.130. The average molecular weight is 392 g/mol. The molecule has 2 N–H and O–H groups in total. The molecule has 2 heterocycles. The molecule has 1 fully saturated rings. The van der Waals surface area contributed by atoms with Gasteiger partial charge in [-0.25, -0.2) is 4.39 Å². The first kappa shape index (κ1) is 18.4. The van der Waals surface area contributed by atoms with Crippen molar-refractivity contribution in [1.29, 1.82) is 0 Å². The van der Waals surface area contributed by atoms with Gasteiger partial charge < -0.3 is 14.9 Å². The molecule has 4 rings (SSSR count). The summed E-state index contributed by atoms with van der Waals surface area (Å²) in [5.74, 6) is -0.289. The highest BCUT2D eigenvalue weighted by Gasteiger charge is 2.20. The van der Waals surface area contributed by atoms with Crippen molar-refractivity contribution < 1.29 is 4.39 Å². The van der Waals surface area contributed by atoms with Gasteiger partial charge in [0, 0.05) is 36.3 Å². The van der Waals surface area contributed by atoms with Crippen molar-refractivity contribution >= 4 is 17.6 Å². The summed E-state index contributed by atoms with van der Waals surface area (Å²) in [6.07, 6.45) is 5.16. The molecule has 5 heteroatoms. The fourth-order valence-corrected chi connectivity index (χ4v) is 3.80. The first-order valence-corrected chi connectivity index (χ1v) is 10.0. The van der Waals surface area contributed by atoms with Crippen LogP contribution in [-0.4, -0.2) is 18.0 Å². The molecule has 0 aliphatic carbocycles. The Morgan fingerprint density at radius 1 is 1.11 bits per heavy atom. The molecule has 28 heavy (non-hydrogen) atoms. The van der Waals surface area contributed by atoms with E-state index in [1.54, 1.807) is 6.07 Å². The van der Waals surface area contributed by atoms with Crippen LogP contribution in [0.4, 0.5) is 10.1 Å². The minimum absolute atomic E-state index is 0.289. The Kier molecular flexibility index (Phi) is 5.26. The van der Waals surface area contributed by atoms with Gasteiger partial charge in [-0.3, -0.25) is 0 Å². The Hall–Kier alpha value is -2.92. The van der Waals surface area contributed by atoms with E-state index in [2.05, 4.69) is 28.1 Å². The van der Waals surface area contributed by atoms with Gasteiger partial charge in [-0.15, -0.1) is 0 Å². The largest absolute Gasteiger partial charge is 0.371 e. The number of nitrogens with one attached hydrogen (secondary N) is 2. The van der Waals surface area contributed by atoms with Gasteiger partial charge in [-0.2, -0.15) is 0 Å². The summed E-state index contributed by atoms with van der Waals surface area (Å²) in [4.78, 5) is 3.15. The van der Waals surface area contributed by atoms with Crippen LogP contribution >= 0.6 is 11.9 Å². The first-order chi connectivity index (χ1) is 13.6. The van der Waals surface area contributed by atoms with E-state index in [1.165, 1.54) is 24.4 Å². The van der Waals surface area contributed by atoms with Crippen LogP contribution in [0.2, 0.25) is 0 Å². The van der Waals surface area contributed by atoms with Gasteiger partial charge in [0.15, 0.2) is 0 Å². The highest BCUT2D eigenvalue weighted by atomic mass is 32.2. The summed E-state index contributed by atoms with van der Waals surface area (Å²) in [5, 5.41) is 3.19. The lowest BCUT2D eigenvalue weighted by atomic mass is 10.1. The second kappa shape index (κ2) is 7.98. The van der Waals surface area contributed by atoms with Crippen LogP contribution in [0.1, 0.15) is 6.42 Å². The van der Waals surface area contributed by atoms with Crippen LogP contribution < -0.4 is 10.0 Å².